The number of aromatic amines is 1. The van der Waals surface area contributed by atoms with E-state index in [0.717, 1.165) is 20.4 Å². The van der Waals surface area contributed by atoms with Crippen LogP contribution >= 0.6 is 22.7 Å². The van der Waals surface area contributed by atoms with Crippen molar-refractivity contribution >= 4 is 53.4 Å². The molecule has 0 unspecified atom stereocenters. The molecule has 0 saturated carbocycles. The van der Waals surface area contributed by atoms with Crippen LogP contribution < -0.4 is 16.5 Å². The van der Waals surface area contributed by atoms with Gasteiger partial charge in [0, 0.05) is 6.07 Å². The molecule has 2 heterocycles. The predicted octanol–water partition coefficient (Wildman–Crippen LogP) is 1.49. The van der Waals surface area contributed by atoms with E-state index in [1.807, 2.05) is 12.1 Å². The fraction of sp³-hybridized carbons (Fsp3) is 0. The molecule has 5 N–H and O–H groups in total. The van der Waals surface area contributed by atoms with Crippen molar-refractivity contribution < 1.29 is 4.98 Å². The van der Waals surface area contributed by atoms with Gasteiger partial charge in [0.05, 0.1) is 14.9 Å². The summed E-state index contributed by atoms with van der Waals surface area (Å²) in [5, 5.41) is 1.32. The standard InChI is InChI=1S/C8H6N4S2/c9-7-11-3-1-5-4(2-6(3)14-7)12-8(10)13-5/h1-2H,(H2,9,11)(H2,10,12)/p+1. The van der Waals surface area contributed by atoms with Gasteiger partial charge in [-0.1, -0.05) is 11.3 Å². The van der Waals surface area contributed by atoms with E-state index in [1.165, 1.54) is 22.7 Å². The second kappa shape index (κ2) is 2.55. The zero-order valence-corrected chi connectivity index (χ0v) is 8.71. The van der Waals surface area contributed by atoms with E-state index in [1.54, 1.807) is 0 Å². The number of nitrogen functional groups attached to an aromatic ring is 2. The van der Waals surface area contributed by atoms with Crippen LogP contribution in [0.3, 0.4) is 0 Å². The van der Waals surface area contributed by atoms with Crippen molar-refractivity contribution in [3.8, 4) is 0 Å². The Bertz CT molecular complexity index is 522. The molecule has 70 valence electrons. The van der Waals surface area contributed by atoms with Crippen LogP contribution in [0.4, 0.5) is 10.3 Å². The zero-order chi connectivity index (χ0) is 9.71. The summed E-state index contributed by atoms with van der Waals surface area (Å²) in [7, 11) is 0. The van der Waals surface area contributed by atoms with Crippen LogP contribution in [0.25, 0.3) is 20.4 Å². The van der Waals surface area contributed by atoms with Gasteiger partial charge in [-0.3, -0.25) is 5.73 Å². The first kappa shape index (κ1) is 7.95. The molecule has 3 rings (SSSR count). The van der Waals surface area contributed by atoms with Gasteiger partial charge in [-0.05, 0) is 17.4 Å². The van der Waals surface area contributed by atoms with Crippen molar-refractivity contribution in [2.75, 3.05) is 11.5 Å². The first-order chi connectivity index (χ1) is 6.72. The Morgan fingerprint density at radius 1 is 1.14 bits per heavy atom. The average molecular weight is 223 g/mol. The number of thiazole rings is 2. The summed E-state index contributed by atoms with van der Waals surface area (Å²) in [6, 6.07) is 4.04. The number of hydrogen-bond acceptors (Lipinski definition) is 5. The van der Waals surface area contributed by atoms with Crippen molar-refractivity contribution in [3.63, 3.8) is 0 Å². The summed E-state index contributed by atoms with van der Waals surface area (Å²) < 4.78 is 2.20. The Morgan fingerprint density at radius 3 is 2.86 bits per heavy atom. The Balaban J connectivity index is 2.49. The third-order valence-corrected chi connectivity index (χ3v) is 3.71. The normalized spacial score (nSPS) is 11.4. The minimum atomic E-state index is 0.602. The van der Waals surface area contributed by atoms with Gasteiger partial charge in [0.1, 0.15) is 5.52 Å². The Morgan fingerprint density at radius 2 is 2.00 bits per heavy atom. The van der Waals surface area contributed by atoms with Crippen molar-refractivity contribution in [2.24, 2.45) is 0 Å². The molecule has 0 aliphatic rings. The molecule has 0 amide bonds. The van der Waals surface area contributed by atoms with Gasteiger partial charge in [-0.25, -0.2) is 9.97 Å². The van der Waals surface area contributed by atoms with Crippen LogP contribution in [0.15, 0.2) is 12.1 Å². The number of H-pyrrole nitrogens is 1. The highest BCUT2D eigenvalue weighted by atomic mass is 32.1. The van der Waals surface area contributed by atoms with Crippen molar-refractivity contribution in [3.05, 3.63) is 12.1 Å². The maximum absolute atomic E-state index is 5.67. The topological polar surface area (TPSA) is 79.1 Å². The van der Waals surface area contributed by atoms with Crippen LogP contribution in [0.5, 0.6) is 0 Å². The Labute approximate surface area is 87.2 Å². The van der Waals surface area contributed by atoms with Gasteiger partial charge >= 0.3 is 5.13 Å². The Kier molecular flexibility index (Phi) is 1.45. The lowest BCUT2D eigenvalue weighted by atomic mass is 10.3. The van der Waals surface area contributed by atoms with Crippen LogP contribution in [0, 0.1) is 0 Å². The van der Waals surface area contributed by atoms with E-state index < -0.39 is 0 Å². The molecular weight excluding hydrogens is 216 g/mol. The quantitative estimate of drug-likeness (QED) is 0.606. The number of anilines is 2. The molecule has 0 aliphatic carbocycles. The maximum Gasteiger partial charge on any atom is 0.330 e. The summed E-state index contributed by atoms with van der Waals surface area (Å²) in [5.41, 5.74) is 13.3. The molecule has 0 atom stereocenters. The molecule has 0 aliphatic heterocycles. The molecule has 0 bridgehead atoms. The summed E-state index contributed by atoms with van der Waals surface area (Å²) >= 11 is 3.01. The third kappa shape index (κ3) is 1.04. The molecule has 0 radical (unpaired) electrons. The molecule has 3 aromatic rings. The molecule has 0 spiro atoms. The minimum absolute atomic E-state index is 0.602. The molecular formula is C8H7N4S2+. The molecule has 14 heavy (non-hydrogen) atoms. The lowest BCUT2D eigenvalue weighted by Gasteiger charge is -1.84. The summed E-state index contributed by atoms with van der Waals surface area (Å²) in [5.74, 6) is 0. The van der Waals surface area contributed by atoms with Crippen LogP contribution in [0.2, 0.25) is 0 Å². The number of fused-ring (bicyclic) bond motifs is 2. The number of hydrogen-bond donors (Lipinski definition) is 2. The Hall–Kier alpha value is -1.40. The fourth-order valence-electron chi connectivity index (χ4n) is 1.43. The first-order valence-corrected chi connectivity index (χ1v) is 5.63. The summed E-state index contributed by atoms with van der Waals surface area (Å²) in [6.45, 7) is 0. The van der Waals surface area contributed by atoms with Crippen LogP contribution in [-0.4, -0.2) is 4.98 Å². The zero-order valence-electron chi connectivity index (χ0n) is 7.07. The van der Waals surface area contributed by atoms with Crippen molar-refractivity contribution in [2.45, 2.75) is 0 Å². The third-order valence-electron chi connectivity index (χ3n) is 1.98. The number of aromatic nitrogens is 2. The second-order valence-corrected chi connectivity index (χ2v) is 5.11. The largest absolute Gasteiger partial charge is 0.375 e. The number of benzene rings is 1. The molecule has 2 aromatic heterocycles. The lowest BCUT2D eigenvalue weighted by Crippen LogP contribution is -2.03. The monoisotopic (exact) mass is 223 g/mol. The SMILES string of the molecule is Nc1nc2cc3sc(N)[nH+]c3cc2s1. The van der Waals surface area contributed by atoms with E-state index in [4.69, 9.17) is 11.5 Å². The fourth-order valence-corrected chi connectivity index (χ4v) is 2.97. The van der Waals surface area contributed by atoms with Gasteiger partial charge in [-0.15, -0.1) is 0 Å². The van der Waals surface area contributed by atoms with Gasteiger partial charge in [0.25, 0.3) is 0 Å². The minimum Gasteiger partial charge on any atom is -0.375 e. The number of rotatable bonds is 0. The van der Waals surface area contributed by atoms with Crippen LogP contribution in [-0.2, 0) is 0 Å². The average Bonchev–Trinajstić information content (AvgIpc) is 2.59. The number of nitrogens with two attached hydrogens (primary N) is 2. The van der Waals surface area contributed by atoms with E-state index in [0.29, 0.717) is 10.3 Å². The van der Waals surface area contributed by atoms with Crippen LogP contribution in [0.1, 0.15) is 0 Å². The van der Waals surface area contributed by atoms with Gasteiger partial charge in [-0.2, -0.15) is 0 Å². The smallest absolute Gasteiger partial charge is 0.330 e. The number of nitrogens with one attached hydrogen (secondary N) is 1. The van der Waals surface area contributed by atoms with E-state index in [-0.39, 0.29) is 0 Å². The van der Waals surface area contributed by atoms with Gasteiger partial charge < -0.3 is 5.73 Å². The van der Waals surface area contributed by atoms with Crippen molar-refractivity contribution in [1.29, 1.82) is 0 Å². The maximum atomic E-state index is 5.67. The highest BCUT2D eigenvalue weighted by Crippen LogP contribution is 2.29. The predicted molar refractivity (Wildman–Crippen MR) is 60.4 cm³/mol. The molecule has 4 nitrogen and oxygen atoms in total. The first-order valence-electron chi connectivity index (χ1n) is 4.00. The highest BCUT2D eigenvalue weighted by Gasteiger charge is 2.09. The highest BCUT2D eigenvalue weighted by molar-refractivity contribution is 7.23. The van der Waals surface area contributed by atoms with E-state index in [9.17, 15) is 0 Å². The molecule has 0 saturated heterocycles. The molecule has 1 aromatic carbocycles. The summed E-state index contributed by atoms with van der Waals surface area (Å²) in [6.07, 6.45) is 0. The van der Waals surface area contributed by atoms with Crippen molar-refractivity contribution in [1.82, 2.24) is 4.98 Å². The van der Waals surface area contributed by atoms with Gasteiger partial charge in [0.2, 0.25) is 0 Å². The molecule has 0 fully saturated rings. The second-order valence-electron chi connectivity index (χ2n) is 2.96. The number of nitrogens with zero attached hydrogens (tertiary/aromatic N) is 1. The molecule has 6 heteroatoms. The lowest BCUT2D eigenvalue weighted by molar-refractivity contribution is -0.320. The van der Waals surface area contributed by atoms with Gasteiger partial charge in [0.15, 0.2) is 5.13 Å². The summed E-state index contributed by atoms with van der Waals surface area (Å²) in [4.78, 5) is 7.31. The van der Waals surface area contributed by atoms with E-state index in [2.05, 4.69) is 9.97 Å². The van der Waals surface area contributed by atoms with E-state index >= 15 is 0 Å².